The molecule has 0 aromatic carbocycles. The standard InChI is InChI=1S/C10H14N2O2S/c1-14-8(13)7-6-15-9(12-7)10(11)4-2-3-5-10/h6H,2-5,11H2,1H3. The molecule has 15 heavy (non-hydrogen) atoms. The molecule has 1 aromatic rings. The largest absolute Gasteiger partial charge is 0.464 e. The minimum Gasteiger partial charge on any atom is -0.464 e. The summed E-state index contributed by atoms with van der Waals surface area (Å²) in [5.41, 5.74) is 6.29. The van der Waals surface area contributed by atoms with Crippen molar-refractivity contribution in [2.45, 2.75) is 31.2 Å². The van der Waals surface area contributed by atoms with E-state index >= 15 is 0 Å². The minimum absolute atomic E-state index is 0.309. The average Bonchev–Trinajstić information content (AvgIpc) is 2.85. The quantitative estimate of drug-likeness (QED) is 0.779. The monoisotopic (exact) mass is 226 g/mol. The fraction of sp³-hybridized carbons (Fsp3) is 0.600. The number of ether oxygens (including phenoxy) is 1. The highest BCUT2D eigenvalue weighted by atomic mass is 32.1. The Morgan fingerprint density at radius 2 is 2.27 bits per heavy atom. The third-order valence-electron chi connectivity index (χ3n) is 2.82. The molecule has 2 rings (SSSR count). The number of methoxy groups -OCH3 is 1. The number of nitrogens with zero attached hydrogens (tertiary/aromatic N) is 1. The van der Waals surface area contributed by atoms with Gasteiger partial charge in [-0.2, -0.15) is 0 Å². The molecule has 0 bridgehead atoms. The fourth-order valence-electron chi connectivity index (χ4n) is 1.92. The van der Waals surface area contributed by atoms with E-state index in [2.05, 4.69) is 9.72 Å². The van der Waals surface area contributed by atoms with Gasteiger partial charge in [0.15, 0.2) is 5.69 Å². The topological polar surface area (TPSA) is 65.2 Å². The van der Waals surface area contributed by atoms with Crippen LogP contribution in [0.1, 0.15) is 41.2 Å². The van der Waals surface area contributed by atoms with Crippen LogP contribution >= 0.6 is 11.3 Å². The molecule has 0 unspecified atom stereocenters. The van der Waals surface area contributed by atoms with Gasteiger partial charge in [0.25, 0.3) is 0 Å². The third kappa shape index (κ3) is 1.89. The lowest BCUT2D eigenvalue weighted by atomic mass is 10.0. The maximum absolute atomic E-state index is 11.2. The molecule has 1 aliphatic carbocycles. The van der Waals surface area contributed by atoms with Gasteiger partial charge in [-0.15, -0.1) is 11.3 Å². The summed E-state index contributed by atoms with van der Waals surface area (Å²) in [6.07, 6.45) is 4.20. The van der Waals surface area contributed by atoms with Gasteiger partial charge in [0.05, 0.1) is 12.6 Å². The van der Waals surface area contributed by atoms with Crippen molar-refractivity contribution in [1.29, 1.82) is 0 Å². The van der Waals surface area contributed by atoms with Crippen LogP contribution in [0.2, 0.25) is 0 Å². The molecular formula is C10H14N2O2S. The number of hydrogen-bond donors (Lipinski definition) is 1. The molecule has 1 saturated carbocycles. The van der Waals surface area contributed by atoms with E-state index < -0.39 is 0 Å². The molecule has 0 radical (unpaired) electrons. The summed E-state index contributed by atoms with van der Waals surface area (Å²) < 4.78 is 4.61. The van der Waals surface area contributed by atoms with Gasteiger partial charge in [0.1, 0.15) is 5.01 Å². The van der Waals surface area contributed by atoms with Gasteiger partial charge in [-0.1, -0.05) is 12.8 Å². The van der Waals surface area contributed by atoms with E-state index in [0.29, 0.717) is 5.69 Å². The van der Waals surface area contributed by atoms with Crippen LogP contribution in [0.25, 0.3) is 0 Å². The van der Waals surface area contributed by atoms with Crippen molar-refractivity contribution in [3.05, 3.63) is 16.1 Å². The van der Waals surface area contributed by atoms with Crippen LogP contribution in [-0.4, -0.2) is 18.1 Å². The van der Waals surface area contributed by atoms with Crippen LogP contribution in [0.15, 0.2) is 5.38 Å². The summed E-state index contributed by atoms with van der Waals surface area (Å²) in [6.45, 7) is 0. The number of thiazole rings is 1. The molecule has 0 saturated heterocycles. The van der Waals surface area contributed by atoms with Gasteiger partial charge in [-0.05, 0) is 12.8 Å². The smallest absolute Gasteiger partial charge is 0.357 e. The number of hydrogen-bond acceptors (Lipinski definition) is 5. The van der Waals surface area contributed by atoms with Crippen LogP contribution in [0.5, 0.6) is 0 Å². The summed E-state index contributed by atoms with van der Waals surface area (Å²) in [7, 11) is 1.36. The van der Waals surface area contributed by atoms with Crippen molar-refractivity contribution in [2.24, 2.45) is 5.73 Å². The highest BCUT2D eigenvalue weighted by molar-refractivity contribution is 7.10. The molecule has 0 spiro atoms. The van der Waals surface area contributed by atoms with Gasteiger partial charge in [-0.3, -0.25) is 0 Å². The molecule has 0 atom stereocenters. The van der Waals surface area contributed by atoms with Gasteiger partial charge >= 0.3 is 5.97 Å². The van der Waals surface area contributed by atoms with E-state index in [1.165, 1.54) is 18.4 Å². The minimum atomic E-state index is -0.390. The number of rotatable bonds is 2. The second-order valence-corrected chi connectivity index (χ2v) is 4.75. The number of carbonyl (C=O) groups is 1. The molecule has 1 fully saturated rings. The maximum atomic E-state index is 11.2. The zero-order valence-electron chi connectivity index (χ0n) is 8.66. The maximum Gasteiger partial charge on any atom is 0.357 e. The molecular weight excluding hydrogens is 212 g/mol. The summed E-state index contributed by atoms with van der Waals surface area (Å²) >= 11 is 1.45. The average molecular weight is 226 g/mol. The van der Waals surface area contributed by atoms with Gasteiger partial charge in [0, 0.05) is 5.38 Å². The third-order valence-corrected chi connectivity index (χ3v) is 3.88. The molecule has 1 aromatic heterocycles. The Morgan fingerprint density at radius 3 is 2.87 bits per heavy atom. The molecule has 2 N–H and O–H groups in total. The first-order valence-corrected chi connectivity index (χ1v) is 5.87. The lowest BCUT2D eigenvalue weighted by Crippen LogP contribution is -2.33. The lowest BCUT2D eigenvalue weighted by molar-refractivity contribution is 0.0594. The number of esters is 1. The van der Waals surface area contributed by atoms with Gasteiger partial charge in [-0.25, -0.2) is 9.78 Å². The lowest BCUT2D eigenvalue weighted by Gasteiger charge is -2.19. The number of nitrogens with two attached hydrogens (primary N) is 1. The van der Waals surface area contributed by atoms with E-state index in [1.54, 1.807) is 5.38 Å². The SMILES string of the molecule is COC(=O)c1csc(C2(N)CCCC2)n1. The molecule has 0 amide bonds. The number of carbonyl (C=O) groups excluding carboxylic acids is 1. The summed E-state index contributed by atoms with van der Waals surface area (Å²) in [5, 5.41) is 2.58. The first kappa shape index (κ1) is 10.6. The van der Waals surface area contributed by atoms with Gasteiger partial charge < -0.3 is 10.5 Å². The summed E-state index contributed by atoms with van der Waals surface area (Å²) in [6, 6.07) is 0. The Balaban J connectivity index is 2.23. The Morgan fingerprint density at radius 1 is 1.60 bits per heavy atom. The van der Waals surface area contributed by atoms with Crippen LogP contribution in [0.3, 0.4) is 0 Å². The van der Waals surface area contributed by atoms with E-state index in [0.717, 1.165) is 30.7 Å². The van der Waals surface area contributed by atoms with E-state index in [4.69, 9.17) is 5.73 Å². The molecule has 1 heterocycles. The van der Waals surface area contributed by atoms with Crippen LogP contribution < -0.4 is 5.73 Å². The second-order valence-electron chi connectivity index (χ2n) is 3.89. The van der Waals surface area contributed by atoms with Crippen LogP contribution in [-0.2, 0) is 10.3 Å². The second kappa shape index (κ2) is 3.90. The van der Waals surface area contributed by atoms with Crippen LogP contribution in [0, 0.1) is 0 Å². The predicted octanol–water partition coefficient (Wildman–Crippen LogP) is 1.66. The van der Waals surface area contributed by atoms with Crippen molar-refractivity contribution in [1.82, 2.24) is 4.98 Å². The predicted molar refractivity (Wildman–Crippen MR) is 57.8 cm³/mol. The highest BCUT2D eigenvalue weighted by Gasteiger charge is 2.34. The Bertz CT molecular complexity index is 369. The zero-order valence-corrected chi connectivity index (χ0v) is 9.47. The Labute approximate surface area is 92.5 Å². The molecule has 5 heteroatoms. The Hall–Kier alpha value is -0.940. The van der Waals surface area contributed by atoms with Crippen molar-refractivity contribution >= 4 is 17.3 Å². The molecule has 82 valence electrons. The zero-order chi connectivity index (χ0) is 10.9. The van der Waals surface area contributed by atoms with E-state index in [-0.39, 0.29) is 11.5 Å². The fourth-order valence-corrected chi connectivity index (χ4v) is 2.88. The first-order chi connectivity index (χ1) is 7.15. The normalized spacial score (nSPS) is 19.1. The van der Waals surface area contributed by atoms with Crippen molar-refractivity contribution in [3.63, 3.8) is 0 Å². The molecule has 0 aliphatic heterocycles. The Kier molecular flexibility index (Phi) is 2.75. The molecule has 4 nitrogen and oxygen atoms in total. The summed E-state index contributed by atoms with van der Waals surface area (Å²) in [5.74, 6) is -0.390. The van der Waals surface area contributed by atoms with E-state index in [1.807, 2.05) is 0 Å². The van der Waals surface area contributed by atoms with Crippen molar-refractivity contribution in [2.75, 3.05) is 7.11 Å². The number of aromatic nitrogens is 1. The van der Waals surface area contributed by atoms with Crippen molar-refractivity contribution < 1.29 is 9.53 Å². The first-order valence-electron chi connectivity index (χ1n) is 4.99. The summed E-state index contributed by atoms with van der Waals surface area (Å²) in [4.78, 5) is 15.5. The highest BCUT2D eigenvalue weighted by Crippen LogP contribution is 2.37. The van der Waals surface area contributed by atoms with Gasteiger partial charge in [0.2, 0.25) is 0 Å². The molecule has 1 aliphatic rings. The van der Waals surface area contributed by atoms with E-state index in [9.17, 15) is 4.79 Å². The van der Waals surface area contributed by atoms with Crippen molar-refractivity contribution in [3.8, 4) is 0 Å². The van der Waals surface area contributed by atoms with Crippen LogP contribution in [0.4, 0.5) is 0 Å².